The summed E-state index contributed by atoms with van der Waals surface area (Å²) in [6.45, 7) is -0.929. The van der Waals surface area contributed by atoms with Crippen LogP contribution in [0.3, 0.4) is 0 Å². The minimum absolute atomic E-state index is 0.0371. The Balaban J connectivity index is 2.64. The molecule has 0 fully saturated rings. The van der Waals surface area contributed by atoms with Crippen LogP contribution in [-0.4, -0.2) is 5.11 Å². The average molecular weight is 320 g/mol. The number of aliphatic hydroxyl groups is 1. The maximum absolute atomic E-state index is 12.9. The van der Waals surface area contributed by atoms with Crippen LogP contribution in [0.4, 0.5) is 26.3 Å². The lowest BCUT2D eigenvalue weighted by atomic mass is 9.94. The Morgan fingerprint density at radius 3 is 2.00 bits per heavy atom. The summed E-state index contributed by atoms with van der Waals surface area (Å²) in [7, 11) is 0. The van der Waals surface area contributed by atoms with Gasteiger partial charge in [-0.2, -0.15) is 26.3 Å². The third-order valence-electron chi connectivity index (χ3n) is 3.14. The molecule has 0 aliphatic rings. The first kappa shape index (κ1) is 16.4. The molecule has 2 aromatic rings. The second-order valence-corrected chi connectivity index (χ2v) is 4.57. The molecule has 0 heterocycles. The normalized spacial score (nSPS) is 12.5. The minimum atomic E-state index is -4.70. The Morgan fingerprint density at radius 2 is 1.45 bits per heavy atom. The smallest absolute Gasteiger partial charge is 0.392 e. The maximum atomic E-state index is 12.9. The molecule has 0 aromatic heterocycles. The molecule has 0 radical (unpaired) electrons. The summed E-state index contributed by atoms with van der Waals surface area (Å²) in [4.78, 5) is 0. The monoisotopic (exact) mass is 320 g/mol. The summed E-state index contributed by atoms with van der Waals surface area (Å²) in [5.74, 6) is 0. The van der Waals surface area contributed by atoms with E-state index in [0.29, 0.717) is 0 Å². The zero-order valence-electron chi connectivity index (χ0n) is 11.0. The molecular weight excluding hydrogens is 310 g/mol. The Hall–Kier alpha value is -2.02. The summed E-state index contributed by atoms with van der Waals surface area (Å²) in [5, 5.41) is 9.23. The van der Waals surface area contributed by atoms with Crippen molar-refractivity contribution in [3.8, 4) is 11.1 Å². The van der Waals surface area contributed by atoms with E-state index >= 15 is 0 Å². The largest absolute Gasteiger partial charge is 0.416 e. The van der Waals surface area contributed by atoms with Gasteiger partial charge in [-0.15, -0.1) is 0 Å². The molecule has 0 saturated carbocycles. The SMILES string of the molecule is OCc1c(-c2cccc(C(F)(F)F)c2)cccc1C(F)(F)F. The van der Waals surface area contributed by atoms with Gasteiger partial charge in [0.15, 0.2) is 0 Å². The lowest BCUT2D eigenvalue weighted by Gasteiger charge is -2.16. The van der Waals surface area contributed by atoms with Gasteiger partial charge in [0, 0.05) is 0 Å². The Bertz CT molecular complexity index is 672. The number of benzene rings is 2. The molecule has 0 unspecified atom stereocenters. The van der Waals surface area contributed by atoms with E-state index in [2.05, 4.69) is 0 Å². The molecule has 0 atom stereocenters. The van der Waals surface area contributed by atoms with Gasteiger partial charge in [0.2, 0.25) is 0 Å². The predicted molar refractivity (Wildman–Crippen MR) is 67.8 cm³/mol. The van der Waals surface area contributed by atoms with Crippen molar-refractivity contribution in [2.75, 3.05) is 0 Å². The van der Waals surface area contributed by atoms with Gasteiger partial charge in [0.25, 0.3) is 0 Å². The zero-order valence-corrected chi connectivity index (χ0v) is 11.0. The highest BCUT2D eigenvalue weighted by Crippen LogP contribution is 2.38. The number of hydrogen-bond acceptors (Lipinski definition) is 1. The van der Waals surface area contributed by atoms with E-state index < -0.39 is 35.6 Å². The van der Waals surface area contributed by atoms with Crippen molar-refractivity contribution in [1.82, 2.24) is 0 Å². The van der Waals surface area contributed by atoms with E-state index in [-0.39, 0.29) is 11.1 Å². The van der Waals surface area contributed by atoms with Crippen molar-refractivity contribution in [3.63, 3.8) is 0 Å². The fraction of sp³-hybridized carbons (Fsp3) is 0.200. The van der Waals surface area contributed by atoms with Crippen LogP contribution in [0.5, 0.6) is 0 Å². The molecule has 0 saturated heterocycles. The highest BCUT2D eigenvalue weighted by molar-refractivity contribution is 5.69. The average Bonchev–Trinajstić information content (AvgIpc) is 2.44. The van der Waals surface area contributed by atoms with Gasteiger partial charge in [-0.3, -0.25) is 0 Å². The van der Waals surface area contributed by atoms with Gasteiger partial charge < -0.3 is 5.11 Å². The number of halogens is 6. The van der Waals surface area contributed by atoms with Crippen LogP contribution in [0.1, 0.15) is 16.7 Å². The molecule has 0 amide bonds. The summed E-state index contributed by atoms with van der Waals surface area (Å²) in [5.41, 5.74) is -2.60. The number of rotatable bonds is 2. The molecule has 118 valence electrons. The predicted octanol–water partition coefficient (Wildman–Crippen LogP) is 4.88. The van der Waals surface area contributed by atoms with Crippen molar-refractivity contribution in [1.29, 1.82) is 0 Å². The second-order valence-electron chi connectivity index (χ2n) is 4.57. The van der Waals surface area contributed by atoms with Crippen LogP contribution < -0.4 is 0 Å². The van der Waals surface area contributed by atoms with Gasteiger partial charge >= 0.3 is 12.4 Å². The third kappa shape index (κ3) is 3.24. The number of hydrogen-bond donors (Lipinski definition) is 1. The van der Waals surface area contributed by atoms with Gasteiger partial charge in [-0.1, -0.05) is 24.3 Å². The summed E-state index contributed by atoms with van der Waals surface area (Å²) in [6.07, 6.45) is -9.30. The van der Waals surface area contributed by atoms with Crippen molar-refractivity contribution in [3.05, 3.63) is 59.2 Å². The summed E-state index contributed by atoms with van der Waals surface area (Å²) < 4.78 is 76.8. The second kappa shape index (κ2) is 5.64. The van der Waals surface area contributed by atoms with Crippen LogP contribution >= 0.6 is 0 Å². The van der Waals surface area contributed by atoms with Crippen molar-refractivity contribution >= 4 is 0 Å². The molecule has 0 aliphatic carbocycles. The minimum Gasteiger partial charge on any atom is -0.392 e. The third-order valence-corrected chi connectivity index (χ3v) is 3.14. The lowest BCUT2D eigenvalue weighted by molar-refractivity contribution is -0.139. The van der Waals surface area contributed by atoms with Crippen molar-refractivity contribution in [2.24, 2.45) is 0 Å². The lowest BCUT2D eigenvalue weighted by Crippen LogP contribution is -2.10. The van der Waals surface area contributed by atoms with E-state index in [1.54, 1.807) is 0 Å². The molecular formula is C15H10F6O. The Morgan fingerprint density at radius 1 is 0.818 bits per heavy atom. The highest BCUT2D eigenvalue weighted by Gasteiger charge is 2.34. The van der Waals surface area contributed by atoms with Gasteiger partial charge in [0.05, 0.1) is 17.7 Å². The molecule has 22 heavy (non-hydrogen) atoms. The zero-order chi connectivity index (χ0) is 16.5. The van der Waals surface area contributed by atoms with Gasteiger partial charge in [-0.05, 0) is 34.9 Å². The first-order valence-electron chi connectivity index (χ1n) is 6.12. The maximum Gasteiger partial charge on any atom is 0.416 e. The summed E-state index contributed by atoms with van der Waals surface area (Å²) in [6, 6.07) is 7.09. The van der Waals surface area contributed by atoms with Crippen LogP contribution in [0, 0.1) is 0 Å². The molecule has 0 aliphatic heterocycles. The van der Waals surface area contributed by atoms with Crippen molar-refractivity contribution in [2.45, 2.75) is 19.0 Å². The first-order chi connectivity index (χ1) is 10.1. The summed E-state index contributed by atoms with van der Waals surface area (Å²) >= 11 is 0. The van der Waals surface area contributed by atoms with Crippen LogP contribution in [-0.2, 0) is 19.0 Å². The number of aliphatic hydroxyl groups excluding tert-OH is 1. The first-order valence-corrected chi connectivity index (χ1v) is 6.12. The molecule has 1 nitrogen and oxygen atoms in total. The van der Waals surface area contributed by atoms with E-state index in [0.717, 1.165) is 30.3 Å². The number of alkyl halides is 6. The van der Waals surface area contributed by atoms with E-state index in [1.807, 2.05) is 0 Å². The molecule has 7 heteroatoms. The van der Waals surface area contributed by atoms with E-state index in [1.165, 1.54) is 12.1 Å². The van der Waals surface area contributed by atoms with Crippen LogP contribution in [0.25, 0.3) is 11.1 Å². The molecule has 0 spiro atoms. The molecule has 2 rings (SSSR count). The van der Waals surface area contributed by atoms with E-state index in [4.69, 9.17) is 0 Å². The highest BCUT2D eigenvalue weighted by atomic mass is 19.4. The Kier molecular flexibility index (Phi) is 4.19. The standard InChI is InChI=1S/C15H10F6O/c16-14(17,18)10-4-1-3-9(7-10)11-5-2-6-13(12(11)8-22)15(19,20)21/h1-7,22H,8H2. The van der Waals surface area contributed by atoms with Crippen molar-refractivity contribution < 1.29 is 31.4 Å². The van der Waals surface area contributed by atoms with Crippen LogP contribution in [0.2, 0.25) is 0 Å². The quantitative estimate of drug-likeness (QED) is 0.782. The fourth-order valence-corrected chi connectivity index (χ4v) is 2.16. The Labute approximate surface area is 121 Å². The fourth-order valence-electron chi connectivity index (χ4n) is 2.16. The van der Waals surface area contributed by atoms with E-state index in [9.17, 15) is 31.4 Å². The molecule has 1 N–H and O–H groups in total. The van der Waals surface area contributed by atoms with Gasteiger partial charge in [-0.25, -0.2) is 0 Å². The molecule has 2 aromatic carbocycles. The van der Waals surface area contributed by atoms with Crippen LogP contribution in [0.15, 0.2) is 42.5 Å². The molecule has 0 bridgehead atoms. The topological polar surface area (TPSA) is 20.2 Å². The van der Waals surface area contributed by atoms with Gasteiger partial charge in [0.1, 0.15) is 0 Å².